The Balaban J connectivity index is 2.93. The van der Waals surface area contributed by atoms with E-state index in [9.17, 15) is 0 Å². The molecule has 0 atom stereocenters. The molecule has 2 nitrogen and oxygen atoms in total. The molecule has 0 amide bonds. The summed E-state index contributed by atoms with van der Waals surface area (Å²) in [5, 5.41) is 0.484. The summed E-state index contributed by atoms with van der Waals surface area (Å²) in [4.78, 5) is 1.78. The van der Waals surface area contributed by atoms with E-state index in [0.29, 0.717) is 5.17 Å². The smallest absolute Gasteiger partial charge is 0.264 e. The third-order valence-electron chi connectivity index (χ3n) is 2.47. The lowest BCUT2D eigenvalue weighted by Gasteiger charge is -2.15. The topological polar surface area (TPSA) is 12.5 Å². The van der Waals surface area contributed by atoms with Crippen molar-refractivity contribution in [3.63, 3.8) is 0 Å². The molecule has 0 saturated heterocycles. The van der Waals surface area contributed by atoms with Gasteiger partial charge in [-0.05, 0) is 61.8 Å². The fraction of sp³-hybridized carbons (Fsp3) is 0.417. The van der Waals surface area contributed by atoms with Gasteiger partial charge in [-0.25, -0.2) is 0 Å². The van der Waals surface area contributed by atoms with E-state index in [1.807, 2.05) is 26.2 Å². The summed E-state index contributed by atoms with van der Waals surface area (Å²) in [7, 11) is 3.74. The molecule has 0 unspecified atom stereocenters. The number of nitrogens with zero attached hydrogens (tertiary/aromatic N) is 1. The zero-order valence-corrected chi connectivity index (χ0v) is 10.7. The van der Waals surface area contributed by atoms with E-state index in [-0.39, 0.29) is 0 Å². The molecule has 0 spiro atoms. The van der Waals surface area contributed by atoms with Gasteiger partial charge in [-0.2, -0.15) is 0 Å². The van der Waals surface area contributed by atoms with Crippen LogP contribution in [0.5, 0.6) is 5.75 Å². The van der Waals surface area contributed by atoms with Gasteiger partial charge in [0.1, 0.15) is 5.75 Å². The lowest BCUT2D eigenvalue weighted by atomic mass is 10.0. The molecule has 0 heterocycles. The predicted molar refractivity (Wildman–Crippen MR) is 67.6 cm³/mol. The first-order valence-corrected chi connectivity index (χ1v) is 5.29. The first-order chi connectivity index (χ1) is 6.91. The Hall–Kier alpha value is -1.09. The number of thiocarbonyl (C=S) groups is 1. The molecule has 1 rings (SSSR count). The van der Waals surface area contributed by atoms with Crippen LogP contribution in [0.1, 0.15) is 16.7 Å². The van der Waals surface area contributed by atoms with Gasteiger partial charge in [0.25, 0.3) is 5.17 Å². The highest BCUT2D eigenvalue weighted by atomic mass is 32.1. The van der Waals surface area contributed by atoms with Crippen LogP contribution in [0.3, 0.4) is 0 Å². The van der Waals surface area contributed by atoms with Crippen molar-refractivity contribution in [2.75, 3.05) is 14.1 Å². The van der Waals surface area contributed by atoms with Crippen LogP contribution in [0, 0.1) is 20.8 Å². The molecule has 0 aliphatic carbocycles. The minimum atomic E-state index is 0.484. The minimum absolute atomic E-state index is 0.484. The standard InChI is InChI=1S/C12H17NOS/c1-8-6-11(7-9(2)10(8)3)14-12(15)13(4)5/h6-7H,1-5H3. The minimum Gasteiger partial charge on any atom is -0.432 e. The molecule has 0 saturated carbocycles. The van der Waals surface area contributed by atoms with Crippen molar-refractivity contribution in [2.45, 2.75) is 20.8 Å². The van der Waals surface area contributed by atoms with Crippen molar-refractivity contribution in [2.24, 2.45) is 0 Å². The maximum Gasteiger partial charge on any atom is 0.264 e. The van der Waals surface area contributed by atoms with Crippen molar-refractivity contribution < 1.29 is 4.74 Å². The van der Waals surface area contributed by atoms with Gasteiger partial charge in [-0.3, -0.25) is 0 Å². The first kappa shape index (κ1) is 12.0. The van der Waals surface area contributed by atoms with Gasteiger partial charge in [-0.1, -0.05) is 0 Å². The Morgan fingerprint density at radius 3 is 2.00 bits per heavy atom. The molecule has 1 aromatic rings. The summed E-state index contributed by atoms with van der Waals surface area (Å²) >= 11 is 5.08. The molecule has 0 aliphatic heterocycles. The zero-order valence-electron chi connectivity index (χ0n) is 9.92. The Labute approximate surface area is 96.9 Å². The fourth-order valence-corrected chi connectivity index (χ4v) is 1.34. The molecule has 0 aromatic heterocycles. The lowest BCUT2D eigenvalue weighted by Crippen LogP contribution is -2.25. The Kier molecular flexibility index (Phi) is 3.69. The first-order valence-electron chi connectivity index (χ1n) is 4.89. The number of hydrogen-bond acceptors (Lipinski definition) is 2. The van der Waals surface area contributed by atoms with Gasteiger partial charge in [0.2, 0.25) is 0 Å². The average molecular weight is 223 g/mol. The molecule has 0 radical (unpaired) electrons. The summed E-state index contributed by atoms with van der Waals surface area (Å²) in [6.45, 7) is 6.26. The molecule has 3 heteroatoms. The highest BCUT2D eigenvalue weighted by Gasteiger charge is 2.05. The second-order valence-corrected chi connectivity index (χ2v) is 4.29. The van der Waals surface area contributed by atoms with Gasteiger partial charge in [0.15, 0.2) is 0 Å². The van der Waals surface area contributed by atoms with E-state index < -0.39 is 0 Å². The van der Waals surface area contributed by atoms with E-state index in [1.165, 1.54) is 16.7 Å². The van der Waals surface area contributed by atoms with Gasteiger partial charge in [0.05, 0.1) is 0 Å². The Bertz CT molecular complexity index is 362. The van der Waals surface area contributed by atoms with Crippen molar-refractivity contribution in [3.05, 3.63) is 28.8 Å². The molecule has 0 N–H and O–H groups in total. The van der Waals surface area contributed by atoms with E-state index in [0.717, 1.165) is 5.75 Å². The summed E-state index contributed by atoms with van der Waals surface area (Å²) < 4.78 is 5.55. The second kappa shape index (κ2) is 4.62. The highest BCUT2D eigenvalue weighted by Crippen LogP contribution is 2.21. The van der Waals surface area contributed by atoms with Gasteiger partial charge < -0.3 is 9.64 Å². The van der Waals surface area contributed by atoms with Crippen molar-refractivity contribution in [1.29, 1.82) is 0 Å². The van der Waals surface area contributed by atoms with Crippen LogP contribution < -0.4 is 4.74 Å². The van der Waals surface area contributed by atoms with Crippen LogP contribution >= 0.6 is 12.2 Å². The zero-order chi connectivity index (χ0) is 11.6. The quantitative estimate of drug-likeness (QED) is 0.679. The predicted octanol–water partition coefficient (Wildman–Crippen LogP) is 2.84. The number of hydrogen-bond donors (Lipinski definition) is 0. The highest BCUT2D eigenvalue weighted by molar-refractivity contribution is 7.80. The van der Waals surface area contributed by atoms with Crippen LogP contribution in [0.25, 0.3) is 0 Å². The molecule has 82 valence electrons. The largest absolute Gasteiger partial charge is 0.432 e. The Morgan fingerprint density at radius 1 is 1.13 bits per heavy atom. The summed E-state index contributed by atoms with van der Waals surface area (Å²) in [5.74, 6) is 0.814. The monoisotopic (exact) mass is 223 g/mol. The van der Waals surface area contributed by atoms with Crippen LogP contribution in [0.4, 0.5) is 0 Å². The van der Waals surface area contributed by atoms with Crippen LogP contribution in [0.2, 0.25) is 0 Å². The van der Waals surface area contributed by atoms with E-state index in [1.54, 1.807) is 4.90 Å². The average Bonchev–Trinajstić information content (AvgIpc) is 2.13. The number of rotatable bonds is 1. The van der Waals surface area contributed by atoms with E-state index in [2.05, 4.69) is 20.8 Å². The van der Waals surface area contributed by atoms with Crippen molar-refractivity contribution in [3.8, 4) is 5.75 Å². The van der Waals surface area contributed by atoms with Crippen LogP contribution in [-0.4, -0.2) is 24.2 Å². The maximum absolute atomic E-state index is 5.55. The third-order valence-corrected chi connectivity index (χ3v) is 2.92. The van der Waals surface area contributed by atoms with Crippen molar-refractivity contribution >= 4 is 17.4 Å². The van der Waals surface area contributed by atoms with E-state index in [4.69, 9.17) is 17.0 Å². The maximum atomic E-state index is 5.55. The third kappa shape index (κ3) is 2.93. The molecular formula is C12H17NOS. The second-order valence-electron chi connectivity index (χ2n) is 3.94. The molecule has 0 fully saturated rings. The van der Waals surface area contributed by atoms with Gasteiger partial charge in [-0.15, -0.1) is 0 Å². The summed E-state index contributed by atoms with van der Waals surface area (Å²) in [6.07, 6.45) is 0. The molecule has 1 aromatic carbocycles. The van der Waals surface area contributed by atoms with E-state index >= 15 is 0 Å². The van der Waals surface area contributed by atoms with Gasteiger partial charge >= 0.3 is 0 Å². The number of benzene rings is 1. The lowest BCUT2D eigenvalue weighted by molar-refractivity contribution is 0.449. The molecule has 15 heavy (non-hydrogen) atoms. The summed E-state index contributed by atoms with van der Waals surface area (Å²) in [5.41, 5.74) is 3.76. The normalized spacial score (nSPS) is 9.93. The molecule has 0 aliphatic rings. The van der Waals surface area contributed by atoms with Crippen LogP contribution in [-0.2, 0) is 0 Å². The Morgan fingerprint density at radius 2 is 1.60 bits per heavy atom. The van der Waals surface area contributed by atoms with Gasteiger partial charge in [0, 0.05) is 14.1 Å². The number of aryl methyl sites for hydroxylation is 2. The van der Waals surface area contributed by atoms with Crippen LogP contribution in [0.15, 0.2) is 12.1 Å². The number of ether oxygens (including phenoxy) is 1. The SMILES string of the molecule is Cc1cc(OC(=S)N(C)C)cc(C)c1C. The molecule has 0 bridgehead atoms. The molecular weight excluding hydrogens is 206 g/mol. The van der Waals surface area contributed by atoms with Crippen molar-refractivity contribution in [1.82, 2.24) is 4.90 Å². The summed E-state index contributed by atoms with van der Waals surface area (Å²) in [6, 6.07) is 4.02. The fourth-order valence-electron chi connectivity index (χ4n) is 1.25.